The van der Waals surface area contributed by atoms with Crippen molar-refractivity contribution < 1.29 is 4.74 Å². The van der Waals surface area contributed by atoms with Crippen molar-refractivity contribution >= 4 is 22.3 Å². The predicted molar refractivity (Wildman–Crippen MR) is 107 cm³/mol. The van der Waals surface area contributed by atoms with Gasteiger partial charge in [0.15, 0.2) is 0 Å². The Hall–Kier alpha value is -2.90. The average molecular weight is 365 g/mol. The second-order valence-electron chi connectivity index (χ2n) is 6.86. The van der Waals surface area contributed by atoms with Gasteiger partial charge in [0.2, 0.25) is 0 Å². The van der Waals surface area contributed by atoms with Crippen molar-refractivity contribution in [2.75, 3.05) is 37.8 Å². The maximum Gasteiger partial charge on any atom is 0.261 e. The van der Waals surface area contributed by atoms with Crippen LogP contribution in [0.15, 0.2) is 41.2 Å². The van der Waals surface area contributed by atoms with Gasteiger partial charge in [-0.3, -0.25) is 14.3 Å². The summed E-state index contributed by atoms with van der Waals surface area (Å²) in [5, 5.41) is 0.594. The van der Waals surface area contributed by atoms with Gasteiger partial charge in [-0.25, -0.2) is 4.98 Å². The van der Waals surface area contributed by atoms with Crippen molar-refractivity contribution in [2.45, 2.75) is 6.54 Å². The molecular weight excluding hydrogens is 342 g/mol. The molecule has 2 heterocycles. The maximum absolute atomic E-state index is 12.9. The van der Waals surface area contributed by atoms with Crippen molar-refractivity contribution in [3.05, 3.63) is 52.6 Å². The van der Waals surface area contributed by atoms with Gasteiger partial charge in [0.25, 0.3) is 5.56 Å². The first-order chi connectivity index (χ1) is 13.0. The van der Waals surface area contributed by atoms with Crippen LogP contribution < -0.4 is 17.0 Å². The molecule has 2 aromatic carbocycles. The minimum Gasteiger partial charge on any atom is -0.397 e. The second kappa shape index (κ2) is 7.02. The lowest BCUT2D eigenvalue weighted by molar-refractivity contribution is 0.0325. The molecule has 1 aliphatic rings. The van der Waals surface area contributed by atoms with Gasteiger partial charge in [-0.05, 0) is 35.4 Å². The van der Waals surface area contributed by atoms with Crippen LogP contribution in [0.3, 0.4) is 0 Å². The number of ether oxygens (including phenoxy) is 1. The van der Waals surface area contributed by atoms with Crippen LogP contribution in [0.4, 0.5) is 11.4 Å². The Kier molecular flexibility index (Phi) is 4.55. The number of anilines is 2. The fourth-order valence-corrected chi connectivity index (χ4v) is 3.35. The van der Waals surface area contributed by atoms with Crippen LogP contribution in [0.1, 0.15) is 5.82 Å². The highest BCUT2D eigenvalue weighted by atomic mass is 16.5. The lowest BCUT2D eigenvalue weighted by Gasteiger charge is -2.26. The van der Waals surface area contributed by atoms with Gasteiger partial charge in [-0.1, -0.05) is 12.1 Å². The van der Waals surface area contributed by atoms with E-state index in [9.17, 15) is 4.79 Å². The van der Waals surface area contributed by atoms with E-state index in [0.29, 0.717) is 28.8 Å². The number of fused-ring (bicyclic) bond motifs is 1. The summed E-state index contributed by atoms with van der Waals surface area (Å²) in [6.07, 6.45) is 0. The third-order valence-electron chi connectivity index (χ3n) is 5.06. The van der Waals surface area contributed by atoms with E-state index in [0.717, 1.165) is 43.3 Å². The SMILES string of the molecule is Cn1c(CN2CCOCC2)nc2ccc(-c3ccc(N)c(N)c3)cc2c1=O. The van der Waals surface area contributed by atoms with E-state index in [4.69, 9.17) is 21.2 Å². The van der Waals surface area contributed by atoms with Gasteiger partial charge in [-0.15, -0.1) is 0 Å². The number of hydrogen-bond donors (Lipinski definition) is 2. The van der Waals surface area contributed by atoms with E-state index in [-0.39, 0.29) is 5.56 Å². The Balaban J connectivity index is 1.73. The van der Waals surface area contributed by atoms with Gasteiger partial charge in [0.1, 0.15) is 5.82 Å². The first kappa shape index (κ1) is 17.5. The molecule has 0 amide bonds. The molecule has 0 radical (unpaired) electrons. The quantitative estimate of drug-likeness (QED) is 0.684. The molecule has 0 bridgehead atoms. The fraction of sp³-hybridized carbons (Fsp3) is 0.300. The zero-order chi connectivity index (χ0) is 19.0. The molecule has 4 N–H and O–H groups in total. The summed E-state index contributed by atoms with van der Waals surface area (Å²) in [4.78, 5) is 19.9. The highest BCUT2D eigenvalue weighted by Gasteiger charge is 2.15. The van der Waals surface area contributed by atoms with Crippen LogP contribution >= 0.6 is 0 Å². The van der Waals surface area contributed by atoms with Crippen LogP contribution in [-0.2, 0) is 18.3 Å². The van der Waals surface area contributed by atoms with Crippen LogP contribution in [0, 0.1) is 0 Å². The zero-order valence-corrected chi connectivity index (χ0v) is 15.3. The lowest BCUT2D eigenvalue weighted by Crippen LogP contribution is -2.37. The molecule has 0 spiro atoms. The fourth-order valence-electron chi connectivity index (χ4n) is 3.35. The number of nitrogen functional groups attached to an aromatic ring is 2. The molecule has 0 unspecified atom stereocenters. The molecule has 4 rings (SSSR count). The van der Waals surface area contributed by atoms with Crippen LogP contribution in [0.25, 0.3) is 22.0 Å². The number of benzene rings is 2. The van der Waals surface area contributed by atoms with Crippen LogP contribution in [-0.4, -0.2) is 40.8 Å². The summed E-state index contributed by atoms with van der Waals surface area (Å²) in [5.41, 5.74) is 15.3. The van der Waals surface area contributed by atoms with Crippen molar-refractivity contribution in [3.8, 4) is 11.1 Å². The molecule has 1 aromatic heterocycles. The summed E-state index contributed by atoms with van der Waals surface area (Å²) >= 11 is 0. The van der Waals surface area contributed by atoms with E-state index in [1.807, 2.05) is 30.3 Å². The normalized spacial score (nSPS) is 15.3. The van der Waals surface area contributed by atoms with Gasteiger partial charge in [0.05, 0.1) is 42.0 Å². The van der Waals surface area contributed by atoms with E-state index < -0.39 is 0 Å². The summed E-state index contributed by atoms with van der Waals surface area (Å²) in [6.45, 7) is 3.78. The number of nitrogens with zero attached hydrogens (tertiary/aromatic N) is 3. The standard InChI is InChI=1S/C20H23N5O2/c1-24-19(12-25-6-8-27-9-7-25)23-18-5-3-13(10-15(18)20(24)26)14-2-4-16(21)17(22)11-14/h2-5,10-11H,6-9,12,21-22H2,1H3. The highest BCUT2D eigenvalue weighted by Crippen LogP contribution is 2.27. The number of hydrogen-bond acceptors (Lipinski definition) is 6. The van der Waals surface area contributed by atoms with E-state index in [1.54, 1.807) is 17.7 Å². The first-order valence-electron chi connectivity index (χ1n) is 8.98. The molecule has 0 aliphatic carbocycles. The minimum absolute atomic E-state index is 0.0477. The zero-order valence-electron chi connectivity index (χ0n) is 15.3. The topological polar surface area (TPSA) is 99.4 Å². The first-order valence-corrected chi connectivity index (χ1v) is 8.98. The monoisotopic (exact) mass is 365 g/mol. The largest absolute Gasteiger partial charge is 0.397 e. The average Bonchev–Trinajstić information content (AvgIpc) is 2.69. The Morgan fingerprint density at radius 3 is 2.48 bits per heavy atom. The second-order valence-corrected chi connectivity index (χ2v) is 6.86. The highest BCUT2D eigenvalue weighted by molar-refractivity contribution is 5.85. The Morgan fingerprint density at radius 2 is 1.74 bits per heavy atom. The Morgan fingerprint density at radius 1 is 1.04 bits per heavy atom. The molecule has 1 aliphatic heterocycles. The Bertz CT molecular complexity index is 1050. The number of nitrogens with two attached hydrogens (primary N) is 2. The Labute approximate surface area is 157 Å². The van der Waals surface area contributed by atoms with E-state index in [2.05, 4.69) is 4.90 Å². The van der Waals surface area contributed by atoms with E-state index in [1.165, 1.54) is 0 Å². The van der Waals surface area contributed by atoms with Crippen molar-refractivity contribution in [1.29, 1.82) is 0 Å². The molecule has 0 saturated carbocycles. The number of aromatic nitrogens is 2. The molecule has 1 saturated heterocycles. The maximum atomic E-state index is 12.9. The molecule has 3 aromatic rings. The van der Waals surface area contributed by atoms with Crippen molar-refractivity contribution in [1.82, 2.24) is 14.5 Å². The smallest absolute Gasteiger partial charge is 0.261 e. The third kappa shape index (κ3) is 3.39. The summed E-state index contributed by atoms with van der Waals surface area (Å²) in [5.74, 6) is 0.763. The molecule has 7 nitrogen and oxygen atoms in total. The number of morpholine rings is 1. The van der Waals surface area contributed by atoms with Gasteiger partial charge >= 0.3 is 0 Å². The van der Waals surface area contributed by atoms with Crippen LogP contribution in [0.2, 0.25) is 0 Å². The molecule has 0 atom stereocenters. The molecular formula is C20H23N5O2. The molecule has 1 fully saturated rings. The summed E-state index contributed by atoms with van der Waals surface area (Å²) in [7, 11) is 1.78. The van der Waals surface area contributed by atoms with Crippen LogP contribution in [0.5, 0.6) is 0 Å². The third-order valence-corrected chi connectivity index (χ3v) is 5.06. The molecule has 27 heavy (non-hydrogen) atoms. The van der Waals surface area contributed by atoms with E-state index >= 15 is 0 Å². The number of rotatable bonds is 3. The molecule has 140 valence electrons. The predicted octanol–water partition coefficient (Wildman–Crippen LogP) is 1.60. The minimum atomic E-state index is -0.0477. The van der Waals surface area contributed by atoms with Gasteiger partial charge in [0, 0.05) is 20.1 Å². The van der Waals surface area contributed by atoms with Crippen molar-refractivity contribution in [2.24, 2.45) is 7.05 Å². The van der Waals surface area contributed by atoms with Gasteiger partial charge < -0.3 is 16.2 Å². The molecule has 7 heteroatoms. The van der Waals surface area contributed by atoms with Crippen molar-refractivity contribution in [3.63, 3.8) is 0 Å². The van der Waals surface area contributed by atoms with Gasteiger partial charge in [-0.2, -0.15) is 0 Å². The lowest BCUT2D eigenvalue weighted by atomic mass is 10.0. The summed E-state index contributed by atoms with van der Waals surface area (Å²) < 4.78 is 7.02. The summed E-state index contributed by atoms with van der Waals surface area (Å²) in [6, 6.07) is 11.2.